The maximum absolute atomic E-state index is 15.7. The molecule has 12 nitrogen and oxygen atoms in total. The summed E-state index contributed by atoms with van der Waals surface area (Å²) in [7, 11) is -8.51. The van der Waals surface area contributed by atoms with E-state index in [-0.39, 0.29) is 18.3 Å². The Morgan fingerprint density at radius 3 is 1.44 bits per heavy atom. The molecule has 4 saturated heterocycles. The lowest BCUT2D eigenvalue weighted by Gasteiger charge is -2.50. The monoisotopic (exact) mass is 1140 g/mol. The minimum Gasteiger partial charge on any atom is -0.463 e. The van der Waals surface area contributed by atoms with Crippen LogP contribution in [0.1, 0.15) is 74.8 Å². The summed E-state index contributed by atoms with van der Waals surface area (Å²) in [5.41, 5.74) is -1.08. The van der Waals surface area contributed by atoms with Crippen LogP contribution in [-0.4, -0.2) is 111 Å². The molecule has 4 heterocycles. The van der Waals surface area contributed by atoms with E-state index in [2.05, 4.69) is 114 Å². The zero-order chi connectivity index (χ0) is 56.0. The van der Waals surface area contributed by atoms with Crippen molar-refractivity contribution in [3.8, 4) is 0 Å². The molecule has 0 spiro atoms. The number of esters is 1. The second kappa shape index (κ2) is 23.0. The molecule has 12 atom stereocenters. The quantitative estimate of drug-likeness (QED) is 0.0730. The third kappa shape index (κ3) is 11.2. The highest BCUT2D eigenvalue weighted by molar-refractivity contribution is 7.99. The fourth-order valence-corrected chi connectivity index (χ4v) is 24.2. The van der Waals surface area contributed by atoms with Crippen LogP contribution in [-0.2, 0) is 63.4 Å². The summed E-state index contributed by atoms with van der Waals surface area (Å²) in [6.07, 6.45) is -6.16. The number of rotatable bonds is 16. The molecule has 0 amide bonds. The summed E-state index contributed by atoms with van der Waals surface area (Å²) in [4.78, 5) is 13.8. The van der Waals surface area contributed by atoms with E-state index < -0.39 is 110 Å². The Morgan fingerprint density at radius 1 is 0.570 bits per heavy atom. The van der Waals surface area contributed by atoms with Crippen molar-refractivity contribution < 1.29 is 56.1 Å². The van der Waals surface area contributed by atoms with E-state index in [1.165, 1.54) is 6.92 Å². The average Bonchev–Trinajstić information content (AvgIpc) is 4.14. The molecule has 0 radical (unpaired) electrons. The molecule has 4 fully saturated rings. The number of hydrogen-bond acceptors (Lipinski definition) is 13. The molecule has 0 bridgehead atoms. The van der Waals surface area contributed by atoms with Gasteiger partial charge in [0.15, 0.2) is 17.0 Å². The predicted octanol–water partition coefficient (Wildman–Crippen LogP) is 8.96. The van der Waals surface area contributed by atoms with Gasteiger partial charge in [-0.05, 0) is 75.9 Å². The minimum atomic E-state index is -3.35. The standard InChI is InChI=1S/C63H74O12S2Si2/c1-42(65)67-41-51-53-55(71-62(8,9)70-53)57(75-79(61(5,6)7,48-32-22-14-23-33-48)49-34-24-15-25-35-49)59(69-51)77(66)45-38-36-43(37-39-45)63(10)72-52-50(40-64)68-58(76-44-26-16-11-17-27-44)56(54(52)73-63)74-78(60(2,3)4,46-28-18-12-19-29-46)47-30-20-13-21-31-47/h11-39,50-59,64H,40-41H2,1-10H3/t50-,51-,52+,53+,54+,55+,56-,57-,58+,59+,63?,77?/m1/s1. The molecule has 4 aliphatic rings. The van der Waals surface area contributed by atoms with Crippen molar-refractivity contribution in [2.24, 2.45) is 0 Å². The highest BCUT2D eigenvalue weighted by atomic mass is 32.2. The van der Waals surface area contributed by atoms with Gasteiger partial charge in [0.2, 0.25) is 0 Å². The van der Waals surface area contributed by atoms with Crippen molar-refractivity contribution in [2.45, 2.75) is 160 Å². The molecule has 4 aliphatic heterocycles. The van der Waals surface area contributed by atoms with E-state index in [9.17, 15) is 9.90 Å². The number of carbonyl (C=O) groups is 1. The van der Waals surface area contributed by atoms with Gasteiger partial charge in [0.1, 0.15) is 60.9 Å². The van der Waals surface area contributed by atoms with Gasteiger partial charge in [-0.2, -0.15) is 0 Å². The van der Waals surface area contributed by atoms with E-state index in [1.54, 1.807) is 11.8 Å². The topological polar surface area (TPSA) is 137 Å². The van der Waals surface area contributed by atoms with Gasteiger partial charge < -0.3 is 47.1 Å². The maximum atomic E-state index is 15.7. The number of thioether (sulfide) groups is 1. The number of carbonyl (C=O) groups excluding carboxylic acids is 1. The van der Waals surface area contributed by atoms with Gasteiger partial charge in [0.25, 0.3) is 16.6 Å². The van der Waals surface area contributed by atoms with Crippen LogP contribution < -0.4 is 20.7 Å². The first-order valence-electron chi connectivity index (χ1n) is 27.2. The maximum Gasteiger partial charge on any atom is 0.302 e. The minimum absolute atomic E-state index is 0.145. The molecule has 2 unspecified atom stereocenters. The Balaban J connectivity index is 1.03. The smallest absolute Gasteiger partial charge is 0.302 e. The van der Waals surface area contributed by atoms with Crippen LogP contribution in [0.5, 0.6) is 0 Å². The number of benzene rings is 6. The molecule has 1 N–H and O–H groups in total. The number of ether oxygens (including phenoxy) is 7. The Hall–Kier alpha value is -4.64. The number of aliphatic hydroxyl groups is 1. The zero-order valence-corrected chi connectivity index (χ0v) is 50.3. The molecule has 0 saturated carbocycles. The van der Waals surface area contributed by atoms with Crippen LogP contribution in [0, 0.1) is 0 Å². The van der Waals surface area contributed by atoms with Crippen molar-refractivity contribution in [3.05, 3.63) is 181 Å². The van der Waals surface area contributed by atoms with Gasteiger partial charge >= 0.3 is 5.97 Å². The largest absolute Gasteiger partial charge is 0.463 e. The molecule has 10 rings (SSSR count). The molecule has 418 valence electrons. The third-order valence-electron chi connectivity index (χ3n) is 15.7. The lowest BCUT2D eigenvalue weighted by molar-refractivity contribution is -0.178. The lowest BCUT2D eigenvalue weighted by atomic mass is 10.0. The normalized spacial score (nSPS) is 28.3. The first kappa shape index (κ1) is 57.6. The van der Waals surface area contributed by atoms with Gasteiger partial charge in [-0.15, -0.1) is 0 Å². The van der Waals surface area contributed by atoms with Crippen LogP contribution >= 0.6 is 11.8 Å². The first-order valence-corrected chi connectivity index (χ1v) is 33.2. The summed E-state index contributed by atoms with van der Waals surface area (Å²) in [5.74, 6) is -2.93. The van der Waals surface area contributed by atoms with Crippen LogP contribution in [0.2, 0.25) is 10.1 Å². The van der Waals surface area contributed by atoms with E-state index >= 15 is 4.21 Å². The number of hydrogen-bond donors (Lipinski definition) is 1. The van der Waals surface area contributed by atoms with E-state index in [4.69, 9.17) is 42.0 Å². The van der Waals surface area contributed by atoms with Crippen molar-refractivity contribution in [1.82, 2.24) is 0 Å². The van der Waals surface area contributed by atoms with Crippen molar-refractivity contribution >= 4 is 65.9 Å². The van der Waals surface area contributed by atoms with E-state index in [0.29, 0.717) is 10.5 Å². The lowest BCUT2D eigenvalue weighted by Crippen LogP contribution is -2.71. The van der Waals surface area contributed by atoms with Gasteiger partial charge in [-0.1, -0.05) is 205 Å². The summed E-state index contributed by atoms with van der Waals surface area (Å²) in [6.45, 7) is 19.7. The summed E-state index contributed by atoms with van der Waals surface area (Å²) < 4.78 is 78.7. The van der Waals surface area contributed by atoms with Gasteiger partial charge in [0.05, 0.1) is 17.4 Å². The SMILES string of the molecule is CC(=O)OC[C@H]1O[C@@H](S(=O)c2ccc(C3(C)O[C@H]4[C@@H](O3)[C@@H](CO)O[C@@H](Sc3ccccc3)[C@@H]4O[Si](c3ccccc3)(c3ccccc3)C(C)(C)C)cc2)[C@H](O[Si](c2ccccc2)(c2ccccc2)C(C)(C)C)[C@H]2OC(C)(C)O[C@H]21. The molecule has 79 heavy (non-hydrogen) atoms. The second-order valence-corrected chi connectivity index (χ2v) is 34.7. The zero-order valence-electron chi connectivity index (χ0n) is 46.7. The summed E-state index contributed by atoms with van der Waals surface area (Å²) in [5, 5.41) is 14.6. The van der Waals surface area contributed by atoms with Gasteiger partial charge in [-0.3, -0.25) is 9.00 Å². The fourth-order valence-electron chi connectivity index (χ4n) is 12.1. The van der Waals surface area contributed by atoms with E-state index in [0.717, 1.165) is 25.6 Å². The van der Waals surface area contributed by atoms with Crippen molar-refractivity contribution in [1.29, 1.82) is 0 Å². The number of fused-ring (bicyclic) bond motifs is 2. The average molecular weight is 1140 g/mol. The molecular formula is C63H74O12S2Si2. The first-order chi connectivity index (χ1) is 37.7. The van der Waals surface area contributed by atoms with E-state index in [1.807, 2.05) is 124 Å². The van der Waals surface area contributed by atoms with Crippen molar-refractivity contribution in [3.63, 3.8) is 0 Å². The predicted molar refractivity (Wildman–Crippen MR) is 312 cm³/mol. The molecule has 6 aromatic rings. The molecule has 6 aromatic carbocycles. The number of aliphatic hydroxyl groups excluding tert-OH is 1. The Morgan fingerprint density at radius 2 is 0.987 bits per heavy atom. The highest BCUT2D eigenvalue weighted by Crippen LogP contribution is 2.50. The second-order valence-electron chi connectivity index (χ2n) is 23.5. The molecule has 0 aliphatic carbocycles. The fraction of sp³-hybridized carbons (Fsp3) is 0.413. The summed E-state index contributed by atoms with van der Waals surface area (Å²) in [6, 6.07) is 58.9. The van der Waals surface area contributed by atoms with Crippen LogP contribution in [0.4, 0.5) is 0 Å². The van der Waals surface area contributed by atoms with Gasteiger partial charge in [-0.25, -0.2) is 0 Å². The van der Waals surface area contributed by atoms with Crippen LogP contribution in [0.25, 0.3) is 0 Å². The third-order valence-corrected chi connectivity index (χ3v) is 28.4. The van der Waals surface area contributed by atoms with Gasteiger partial charge in [0, 0.05) is 22.3 Å². The molecule has 0 aromatic heterocycles. The van der Waals surface area contributed by atoms with Crippen LogP contribution in [0.15, 0.2) is 186 Å². The molecular weight excluding hydrogens is 1070 g/mol. The summed E-state index contributed by atoms with van der Waals surface area (Å²) >= 11 is 1.54. The Labute approximate surface area is 474 Å². The van der Waals surface area contributed by atoms with Crippen LogP contribution in [0.3, 0.4) is 0 Å². The van der Waals surface area contributed by atoms with Crippen molar-refractivity contribution in [2.75, 3.05) is 13.2 Å². The highest BCUT2D eigenvalue weighted by Gasteiger charge is 2.64. The Kier molecular flexibility index (Phi) is 16.7. The molecule has 16 heteroatoms. The Bertz CT molecular complexity index is 2940.